The maximum atomic E-state index is 10.4. The number of carbonyl (C=O) groups excluding carboxylic acids is 1. The van der Waals surface area contributed by atoms with Crippen LogP contribution in [0.5, 0.6) is 0 Å². The van der Waals surface area contributed by atoms with E-state index in [1.807, 2.05) is 0 Å². The molecule has 0 unspecified atom stereocenters. The fraction of sp³-hybridized carbons (Fsp3) is 0.800. The first-order valence-corrected chi connectivity index (χ1v) is 3.05. The summed E-state index contributed by atoms with van der Waals surface area (Å²) in [5.74, 6) is -0.0479. The van der Waals surface area contributed by atoms with Crippen LogP contribution < -0.4 is 0 Å². The minimum absolute atomic E-state index is 0.00309. The lowest BCUT2D eigenvalue weighted by Gasteiger charge is -1.98. The van der Waals surface area contributed by atoms with Crippen molar-refractivity contribution in [1.82, 2.24) is 0 Å². The lowest BCUT2D eigenvalue weighted by molar-refractivity contribution is -0.147. The van der Waals surface area contributed by atoms with Crippen LogP contribution in [0.25, 0.3) is 0 Å². The largest absolute Gasteiger partial charge is 0.463 e. The molecule has 0 spiro atoms. The molecule has 0 amide bonds. The fourth-order valence-electron chi connectivity index (χ4n) is 0.312. The number of carbonyl (C=O) groups is 1. The van der Waals surface area contributed by atoms with Crippen molar-refractivity contribution in [2.45, 2.75) is 0 Å². The van der Waals surface area contributed by atoms with Crippen molar-refractivity contribution in [2.24, 2.45) is 0 Å². The second-order valence-electron chi connectivity index (χ2n) is 1.34. The van der Waals surface area contributed by atoms with Crippen LogP contribution in [0.3, 0.4) is 0 Å². The maximum absolute atomic E-state index is 10.4. The second-order valence-corrected chi connectivity index (χ2v) is 1.72. The van der Waals surface area contributed by atoms with Crippen LogP contribution in [0.2, 0.25) is 0 Å². The van der Waals surface area contributed by atoms with Gasteiger partial charge in [0, 0.05) is 7.11 Å². The number of hydrogen-bond acceptors (Lipinski definition) is 3. The van der Waals surface area contributed by atoms with Crippen molar-refractivity contribution in [2.75, 3.05) is 26.2 Å². The molecule has 0 aliphatic rings. The lowest BCUT2D eigenvalue weighted by Crippen LogP contribution is -2.12. The lowest BCUT2D eigenvalue weighted by atomic mass is 10.7. The molecule has 0 saturated heterocycles. The summed E-state index contributed by atoms with van der Waals surface area (Å²) >= 11 is 5.23. The van der Waals surface area contributed by atoms with Crippen LogP contribution in [0, 0.1) is 0 Å². The normalized spacial score (nSPS) is 9.11. The highest BCUT2D eigenvalue weighted by Gasteiger charge is 1.98. The van der Waals surface area contributed by atoms with Gasteiger partial charge >= 0.3 is 5.97 Å². The zero-order chi connectivity index (χ0) is 7.11. The van der Waals surface area contributed by atoms with Crippen LogP contribution in [0.4, 0.5) is 0 Å². The third kappa shape index (κ3) is 5.59. The topological polar surface area (TPSA) is 35.5 Å². The molecule has 9 heavy (non-hydrogen) atoms. The van der Waals surface area contributed by atoms with E-state index < -0.39 is 0 Å². The van der Waals surface area contributed by atoms with E-state index in [-0.39, 0.29) is 19.2 Å². The molecule has 0 N–H and O–H groups in total. The summed E-state index contributed by atoms with van der Waals surface area (Å²) < 4.78 is 9.02. The van der Waals surface area contributed by atoms with Gasteiger partial charge in [-0.15, -0.1) is 11.6 Å². The first-order chi connectivity index (χ1) is 4.31. The number of halogens is 1. The van der Waals surface area contributed by atoms with Crippen LogP contribution in [-0.4, -0.2) is 32.2 Å². The Bertz CT molecular complexity index is 84.3. The van der Waals surface area contributed by atoms with Gasteiger partial charge in [0.2, 0.25) is 0 Å². The molecule has 0 bridgehead atoms. The van der Waals surface area contributed by atoms with Gasteiger partial charge in [0.05, 0.1) is 5.88 Å². The SMILES string of the molecule is COCC(=O)OCCCl. The summed E-state index contributed by atoms with van der Waals surface area (Å²) in [5.41, 5.74) is 0. The van der Waals surface area contributed by atoms with E-state index in [1.165, 1.54) is 7.11 Å². The Balaban J connectivity index is 3.06. The Morgan fingerprint density at radius 2 is 2.33 bits per heavy atom. The Morgan fingerprint density at radius 3 is 2.78 bits per heavy atom. The monoisotopic (exact) mass is 152 g/mol. The molecule has 0 aromatic heterocycles. The zero-order valence-electron chi connectivity index (χ0n) is 5.22. The highest BCUT2D eigenvalue weighted by molar-refractivity contribution is 6.18. The predicted molar refractivity (Wildman–Crippen MR) is 33.6 cm³/mol. The van der Waals surface area contributed by atoms with Gasteiger partial charge in [-0.05, 0) is 0 Å². The van der Waals surface area contributed by atoms with Crippen molar-refractivity contribution in [1.29, 1.82) is 0 Å². The summed E-state index contributed by atoms with van der Waals surface area (Å²) in [6.45, 7) is 0.251. The Hall–Kier alpha value is -0.280. The van der Waals surface area contributed by atoms with E-state index in [9.17, 15) is 4.79 Å². The molecular weight excluding hydrogens is 144 g/mol. The minimum Gasteiger partial charge on any atom is -0.463 e. The van der Waals surface area contributed by atoms with Crippen LogP contribution in [-0.2, 0) is 14.3 Å². The molecule has 0 radical (unpaired) electrons. The molecule has 0 aromatic carbocycles. The molecular formula is C5H9ClO3. The zero-order valence-corrected chi connectivity index (χ0v) is 5.98. The van der Waals surface area contributed by atoms with Gasteiger partial charge in [0.15, 0.2) is 0 Å². The molecule has 0 heterocycles. The van der Waals surface area contributed by atoms with Crippen molar-refractivity contribution in [3.05, 3.63) is 0 Å². The number of ether oxygens (including phenoxy) is 2. The van der Waals surface area contributed by atoms with Gasteiger partial charge in [0.25, 0.3) is 0 Å². The van der Waals surface area contributed by atoms with Crippen LogP contribution in [0.15, 0.2) is 0 Å². The summed E-state index contributed by atoms with van der Waals surface area (Å²) in [5, 5.41) is 0. The average Bonchev–Trinajstić information content (AvgIpc) is 1.85. The molecule has 54 valence electrons. The molecule has 0 saturated carbocycles. The van der Waals surface area contributed by atoms with Gasteiger partial charge in [0.1, 0.15) is 13.2 Å². The smallest absolute Gasteiger partial charge is 0.332 e. The second kappa shape index (κ2) is 5.85. The third-order valence-electron chi connectivity index (χ3n) is 0.602. The predicted octanol–water partition coefficient (Wildman–Crippen LogP) is 0.415. The Kier molecular flexibility index (Phi) is 5.67. The van der Waals surface area contributed by atoms with Crippen LogP contribution in [0.1, 0.15) is 0 Å². The summed E-state index contributed by atoms with van der Waals surface area (Å²) in [4.78, 5) is 10.4. The Labute approximate surface area is 58.9 Å². The molecule has 3 nitrogen and oxygen atoms in total. The number of hydrogen-bond donors (Lipinski definition) is 0. The van der Waals surface area contributed by atoms with E-state index in [4.69, 9.17) is 11.6 Å². The van der Waals surface area contributed by atoms with Gasteiger partial charge < -0.3 is 9.47 Å². The third-order valence-corrected chi connectivity index (χ3v) is 0.757. The van der Waals surface area contributed by atoms with Crippen molar-refractivity contribution < 1.29 is 14.3 Å². The maximum Gasteiger partial charge on any atom is 0.332 e. The standard InChI is InChI=1S/C5H9ClO3/c1-8-4-5(7)9-3-2-6/h2-4H2,1H3. The first kappa shape index (κ1) is 8.72. The highest BCUT2D eigenvalue weighted by atomic mass is 35.5. The molecule has 0 fully saturated rings. The van der Waals surface area contributed by atoms with Crippen molar-refractivity contribution in [3.8, 4) is 0 Å². The molecule has 0 aliphatic carbocycles. The van der Waals surface area contributed by atoms with Gasteiger partial charge in [-0.2, -0.15) is 0 Å². The number of alkyl halides is 1. The fourth-order valence-corrected chi connectivity index (χ4v) is 0.389. The summed E-state index contributed by atoms with van der Waals surface area (Å²) in [6, 6.07) is 0. The molecule has 4 heteroatoms. The Morgan fingerprint density at radius 1 is 1.67 bits per heavy atom. The van der Waals surface area contributed by atoms with Crippen molar-refractivity contribution in [3.63, 3.8) is 0 Å². The van der Waals surface area contributed by atoms with Crippen LogP contribution >= 0.6 is 11.6 Å². The molecule has 0 aromatic rings. The van der Waals surface area contributed by atoms with Gasteiger partial charge in [-0.25, -0.2) is 4.79 Å². The highest BCUT2D eigenvalue weighted by Crippen LogP contribution is 1.81. The van der Waals surface area contributed by atoms with E-state index >= 15 is 0 Å². The number of esters is 1. The molecule has 0 aliphatic heterocycles. The van der Waals surface area contributed by atoms with E-state index in [1.54, 1.807) is 0 Å². The van der Waals surface area contributed by atoms with Gasteiger partial charge in [-0.3, -0.25) is 0 Å². The van der Waals surface area contributed by atoms with Gasteiger partial charge in [-0.1, -0.05) is 0 Å². The molecule has 0 atom stereocenters. The quantitative estimate of drug-likeness (QED) is 0.433. The number of rotatable bonds is 4. The van der Waals surface area contributed by atoms with E-state index in [0.29, 0.717) is 5.88 Å². The average molecular weight is 153 g/mol. The summed E-state index contributed by atoms with van der Waals surface area (Å²) in [6.07, 6.45) is 0. The van der Waals surface area contributed by atoms with E-state index in [0.717, 1.165) is 0 Å². The van der Waals surface area contributed by atoms with E-state index in [2.05, 4.69) is 9.47 Å². The number of methoxy groups -OCH3 is 1. The minimum atomic E-state index is -0.377. The first-order valence-electron chi connectivity index (χ1n) is 2.51. The van der Waals surface area contributed by atoms with Crippen molar-refractivity contribution >= 4 is 17.6 Å². The molecule has 0 rings (SSSR count). The summed E-state index contributed by atoms with van der Waals surface area (Å²) in [7, 11) is 1.43.